The third-order valence-corrected chi connectivity index (χ3v) is 4.08. The molecule has 0 bridgehead atoms. The lowest BCUT2D eigenvalue weighted by atomic mass is 10.1. The van der Waals surface area contributed by atoms with Crippen LogP contribution in [0.25, 0.3) is 6.08 Å². The molecule has 3 aromatic rings. The van der Waals surface area contributed by atoms with Gasteiger partial charge in [-0.1, -0.05) is 30.3 Å². The number of nitrogens with zero attached hydrogens (tertiary/aromatic N) is 1. The number of benzene rings is 2. The molecule has 0 atom stereocenters. The summed E-state index contributed by atoms with van der Waals surface area (Å²) < 4.78 is 7.65. The van der Waals surface area contributed by atoms with E-state index in [0.29, 0.717) is 11.3 Å². The van der Waals surface area contributed by atoms with Gasteiger partial charge in [-0.2, -0.15) is 0 Å². The minimum absolute atomic E-state index is 0.0782. The zero-order chi connectivity index (χ0) is 17.2. The first-order valence-electron chi connectivity index (χ1n) is 7.99. The van der Waals surface area contributed by atoms with Crippen molar-refractivity contribution in [3.8, 4) is 11.5 Å². The lowest BCUT2D eigenvalue weighted by molar-refractivity contribution is -0.688. The van der Waals surface area contributed by atoms with Crippen molar-refractivity contribution in [2.45, 2.75) is 6.54 Å². The van der Waals surface area contributed by atoms with Crippen molar-refractivity contribution < 1.29 is 19.2 Å². The molecular weight excluding hydrogens is 314 g/mol. The largest absolute Gasteiger partial charge is 0.508 e. The molecule has 1 aliphatic rings. The van der Waals surface area contributed by atoms with E-state index in [2.05, 4.69) is 16.7 Å². The van der Waals surface area contributed by atoms with Crippen LogP contribution in [0.3, 0.4) is 0 Å². The Balaban J connectivity index is 1.53. The maximum atomic E-state index is 12.3. The number of rotatable bonds is 3. The van der Waals surface area contributed by atoms with Crippen LogP contribution < -0.4 is 9.30 Å². The highest BCUT2D eigenvalue weighted by atomic mass is 16.5. The first-order chi connectivity index (χ1) is 12.2. The van der Waals surface area contributed by atoms with E-state index < -0.39 is 0 Å². The molecule has 2 heterocycles. The highest BCUT2D eigenvalue weighted by Crippen LogP contribution is 2.34. The molecule has 25 heavy (non-hydrogen) atoms. The van der Waals surface area contributed by atoms with Crippen molar-refractivity contribution in [1.82, 2.24) is 0 Å². The number of hydrogen-bond donors (Lipinski definition) is 1. The highest BCUT2D eigenvalue weighted by molar-refractivity contribution is 6.14. The van der Waals surface area contributed by atoms with Gasteiger partial charge in [0, 0.05) is 23.8 Å². The normalized spacial score (nSPS) is 14.4. The molecule has 0 amide bonds. The number of allylic oxidation sites excluding steroid dienone is 1. The average Bonchev–Trinajstić information content (AvgIpc) is 2.92. The summed E-state index contributed by atoms with van der Waals surface area (Å²) in [5.74, 6) is 0.568. The Morgan fingerprint density at radius 2 is 1.76 bits per heavy atom. The standard InChI is InChI=1S/C21H15NO3/c23-17-6-7-18-19(13-17)25-20(21(18)24)12-15-8-10-22(11-9-15)14-16-4-2-1-3-5-16/h1-13H,14H2/p+1/b20-12-. The fraction of sp³-hybridized carbons (Fsp3) is 0.0476. The van der Waals surface area contributed by atoms with Crippen molar-refractivity contribution >= 4 is 11.9 Å². The Kier molecular flexibility index (Phi) is 3.78. The molecule has 1 aliphatic heterocycles. The predicted octanol–water partition coefficient (Wildman–Crippen LogP) is 3.34. The van der Waals surface area contributed by atoms with E-state index in [1.54, 1.807) is 12.1 Å². The summed E-state index contributed by atoms with van der Waals surface area (Å²) in [5, 5.41) is 9.50. The van der Waals surface area contributed by atoms with Gasteiger partial charge in [0.1, 0.15) is 11.5 Å². The first kappa shape index (κ1) is 15.1. The van der Waals surface area contributed by atoms with E-state index in [1.165, 1.54) is 17.7 Å². The Morgan fingerprint density at radius 1 is 1.00 bits per heavy atom. The van der Waals surface area contributed by atoms with Crippen LogP contribution in [0.2, 0.25) is 0 Å². The molecule has 0 saturated heterocycles. The van der Waals surface area contributed by atoms with Crippen LogP contribution in [0.4, 0.5) is 0 Å². The second-order valence-electron chi connectivity index (χ2n) is 5.91. The van der Waals surface area contributed by atoms with Gasteiger partial charge >= 0.3 is 0 Å². The molecule has 122 valence electrons. The highest BCUT2D eigenvalue weighted by Gasteiger charge is 2.27. The monoisotopic (exact) mass is 330 g/mol. The van der Waals surface area contributed by atoms with E-state index >= 15 is 0 Å². The zero-order valence-electron chi connectivity index (χ0n) is 13.4. The summed E-state index contributed by atoms with van der Waals surface area (Å²) in [6.45, 7) is 0.790. The van der Waals surface area contributed by atoms with Gasteiger partial charge in [-0.15, -0.1) is 0 Å². The fourth-order valence-electron chi connectivity index (χ4n) is 2.79. The SMILES string of the molecule is O=C1/C(=C/c2cc[n+](Cc3ccccc3)cc2)Oc2cc(O)ccc21. The summed E-state index contributed by atoms with van der Waals surface area (Å²) in [6.07, 6.45) is 5.65. The third-order valence-electron chi connectivity index (χ3n) is 4.08. The summed E-state index contributed by atoms with van der Waals surface area (Å²) >= 11 is 0. The number of phenolic OH excluding ortho intramolecular Hbond substituents is 1. The number of pyridine rings is 1. The minimum Gasteiger partial charge on any atom is -0.508 e. The summed E-state index contributed by atoms with van der Waals surface area (Å²) in [6, 6.07) is 18.6. The second-order valence-corrected chi connectivity index (χ2v) is 5.91. The van der Waals surface area contributed by atoms with Gasteiger partial charge in [-0.25, -0.2) is 4.57 Å². The molecule has 0 radical (unpaired) electrons. The van der Waals surface area contributed by atoms with Gasteiger partial charge in [0.25, 0.3) is 0 Å². The number of carbonyl (C=O) groups excluding carboxylic acids is 1. The molecule has 4 nitrogen and oxygen atoms in total. The first-order valence-corrected chi connectivity index (χ1v) is 7.99. The Morgan fingerprint density at radius 3 is 2.52 bits per heavy atom. The lowest BCUT2D eigenvalue weighted by Crippen LogP contribution is -2.33. The molecular formula is C21H16NO3+. The maximum absolute atomic E-state index is 12.3. The molecule has 0 unspecified atom stereocenters. The number of phenols is 1. The molecule has 2 aromatic carbocycles. The van der Waals surface area contributed by atoms with Crippen molar-refractivity contribution in [1.29, 1.82) is 0 Å². The van der Waals surface area contributed by atoms with Gasteiger partial charge in [-0.05, 0) is 23.8 Å². The van der Waals surface area contributed by atoms with Crippen molar-refractivity contribution in [3.63, 3.8) is 0 Å². The number of ether oxygens (including phenoxy) is 1. The molecule has 0 fully saturated rings. The maximum Gasteiger partial charge on any atom is 0.231 e. The zero-order valence-corrected chi connectivity index (χ0v) is 13.4. The molecule has 4 rings (SSSR count). The van der Waals surface area contributed by atoms with Crippen LogP contribution in [-0.4, -0.2) is 10.9 Å². The number of carbonyl (C=O) groups is 1. The third kappa shape index (κ3) is 3.15. The van der Waals surface area contributed by atoms with Crippen LogP contribution in [0.5, 0.6) is 11.5 Å². The lowest BCUT2D eigenvalue weighted by Gasteiger charge is -2.00. The molecule has 4 heteroatoms. The van der Waals surface area contributed by atoms with Gasteiger partial charge in [0.05, 0.1) is 5.56 Å². The van der Waals surface area contributed by atoms with E-state index in [1.807, 2.05) is 42.7 Å². The predicted molar refractivity (Wildman–Crippen MR) is 93.2 cm³/mol. The summed E-state index contributed by atoms with van der Waals surface area (Å²) in [5.41, 5.74) is 2.58. The number of aromatic hydroxyl groups is 1. The van der Waals surface area contributed by atoms with Crippen LogP contribution in [0, 0.1) is 0 Å². The van der Waals surface area contributed by atoms with Gasteiger partial charge in [0.15, 0.2) is 24.7 Å². The van der Waals surface area contributed by atoms with Gasteiger partial charge in [-0.3, -0.25) is 4.79 Å². The van der Waals surface area contributed by atoms with E-state index in [0.717, 1.165) is 12.1 Å². The molecule has 0 saturated carbocycles. The van der Waals surface area contributed by atoms with E-state index in [4.69, 9.17) is 4.74 Å². The number of ketones is 1. The number of Topliss-reactive ketones (excluding diaryl/α,β-unsaturated/α-hetero) is 1. The quantitative estimate of drug-likeness (QED) is 0.592. The Bertz CT molecular complexity index is 960. The van der Waals surface area contributed by atoms with Crippen molar-refractivity contribution in [2.24, 2.45) is 0 Å². The molecule has 1 N–H and O–H groups in total. The van der Waals surface area contributed by atoms with Gasteiger partial charge in [0.2, 0.25) is 5.78 Å². The van der Waals surface area contributed by atoms with Gasteiger partial charge < -0.3 is 9.84 Å². The van der Waals surface area contributed by atoms with Crippen molar-refractivity contribution in [2.75, 3.05) is 0 Å². The van der Waals surface area contributed by atoms with E-state index in [-0.39, 0.29) is 17.3 Å². The number of aromatic nitrogens is 1. The van der Waals surface area contributed by atoms with Crippen LogP contribution >= 0.6 is 0 Å². The van der Waals surface area contributed by atoms with Crippen LogP contribution in [0.1, 0.15) is 21.5 Å². The smallest absolute Gasteiger partial charge is 0.231 e. The number of fused-ring (bicyclic) bond motifs is 1. The Labute approximate surface area is 145 Å². The van der Waals surface area contributed by atoms with E-state index in [9.17, 15) is 9.90 Å². The molecule has 1 aromatic heterocycles. The molecule has 0 spiro atoms. The average molecular weight is 330 g/mol. The Hall–Kier alpha value is -3.40. The summed E-state index contributed by atoms with van der Waals surface area (Å²) in [4.78, 5) is 12.3. The number of hydrogen-bond acceptors (Lipinski definition) is 3. The second kappa shape index (κ2) is 6.24. The molecule has 0 aliphatic carbocycles. The van der Waals surface area contributed by atoms with Crippen LogP contribution in [-0.2, 0) is 6.54 Å². The summed E-state index contributed by atoms with van der Waals surface area (Å²) in [7, 11) is 0. The van der Waals surface area contributed by atoms with Crippen LogP contribution in [0.15, 0.2) is 78.8 Å². The van der Waals surface area contributed by atoms with Crippen molar-refractivity contribution in [3.05, 3.63) is 95.5 Å². The minimum atomic E-state index is -0.170. The fourth-order valence-corrected chi connectivity index (χ4v) is 2.79. The topological polar surface area (TPSA) is 50.4 Å².